The zero-order valence-electron chi connectivity index (χ0n) is 9.94. The number of carboxylic acids is 1. The van der Waals surface area contributed by atoms with E-state index < -0.39 is 5.97 Å². The molecule has 5 heteroatoms. The number of hydrogen-bond donors (Lipinski definition) is 1. The van der Waals surface area contributed by atoms with Gasteiger partial charge in [0.2, 0.25) is 0 Å². The minimum Gasteiger partial charge on any atom is -0.478 e. The molecule has 1 atom stereocenters. The number of methoxy groups -OCH3 is 1. The maximum atomic E-state index is 11.0. The van der Waals surface area contributed by atoms with Gasteiger partial charge in [0.25, 0.3) is 0 Å². The quantitative estimate of drug-likeness (QED) is 0.845. The van der Waals surface area contributed by atoms with Crippen molar-refractivity contribution in [2.75, 3.05) is 7.11 Å². The average Bonchev–Trinajstić information content (AvgIpc) is 2.17. The number of ether oxygens (including phenoxy) is 1. The summed E-state index contributed by atoms with van der Waals surface area (Å²) in [7, 11) is 1.59. The maximum Gasteiger partial charge on any atom is 0.339 e. The Balaban J connectivity index is 3.23. The maximum absolute atomic E-state index is 11.0. The van der Waals surface area contributed by atoms with Crippen molar-refractivity contribution in [2.45, 2.75) is 33.3 Å². The lowest BCUT2D eigenvalue weighted by molar-refractivity contribution is 0.0691. The molecule has 0 saturated carbocycles. The smallest absolute Gasteiger partial charge is 0.339 e. The van der Waals surface area contributed by atoms with Crippen LogP contribution in [0.4, 0.5) is 0 Å². The predicted molar refractivity (Wildman–Crippen MR) is 58.5 cm³/mol. The van der Waals surface area contributed by atoms with Gasteiger partial charge < -0.3 is 9.84 Å². The third kappa shape index (κ3) is 2.36. The van der Waals surface area contributed by atoms with Crippen LogP contribution in [0.2, 0.25) is 0 Å². The molecule has 0 aliphatic rings. The second-order valence-electron chi connectivity index (χ2n) is 3.57. The lowest BCUT2D eigenvalue weighted by Crippen LogP contribution is -2.13. The standard InChI is InChI=1S/C11H16N2O3/c1-5-8(16-4)10-12-6(2)9(11(14)15)7(3)13-10/h8H,5H2,1-4H3,(H,14,15). The number of carbonyl (C=O) groups is 1. The molecule has 1 rings (SSSR count). The summed E-state index contributed by atoms with van der Waals surface area (Å²) in [5.41, 5.74) is 1.13. The van der Waals surface area contributed by atoms with Gasteiger partial charge in [-0.05, 0) is 20.3 Å². The lowest BCUT2D eigenvalue weighted by atomic mass is 10.1. The first kappa shape index (κ1) is 12.6. The molecule has 0 bridgehead atoms. The second-order valence-corrected chi connectivity index (χ2v) is 3.57. The van der Waals surface area contributed by atoms with Gasteiger partial charge in [-0.2, -0.15) is 0 Å². The normalized spacial score (nSPS) is 12.5. The van der Waals surface area contributed by atoms with Crippen molar-refractivity contribution in [1.29, 1.82) is 0 Å². The molecule has 0 aromatic carbocycles. The largest absolute Gasteiger partial charge is 0.478 e. The fourth-order valence-electron chi connectivity index (χ4n) is 1.65. The zero-order chi connectivity index (χ0) is 12.3. The van der Waals surface area contributed by atoms with Crippen LogP contribution in [0.15, 0.2) is 0 Å². The van der Waals surface area contributed by atoms with Crippen LogP contribution in [-0.2, 0) is 4.74 Å². The Labute approximate surface area is 94.5 Å². The van der Waals surface area contributed by atoms with Gasteiger partial charge in [-0.25, -0.2) is 14.8 Å². The minimum absolute atomic E-state index is 0.176. The van der Waals surface area contributed by atoms with E-state index in [-0.39, 0.29) is 11.7 Å². The van der Waals surface area contributed by atoms with Gasteiger partial charge in [-0.15, -0.1) is 0 Å². The molecule has 88 valence electrons. The highest BCUT2D eigenvalue weighted by atomic mass is 16.5. The van der Waals surface area contributed by atoms with Crippen LogP contribution in [-0.4, -0.2) is 28.2 Å². The van der Waals surface area contributed by atoms with Crippen molar-refractivity contribution >= 4 is 5.97 Å². The topological polar surface area (TPSA) is 72.3 Å². The van der Waals surface area contributed by atoms with Crippen molar-refractivity contribution in [2.24, 2.45) is 0 Å². The van der Waals surface area contributed by atoms with E-state index in [9.17, 15) is 4.79 Å². The molecule has 0 amide bonds. The third-order valence-corrected chi connectivity index (χ3v) is 2.45. The van der Waals surface area contributed by atoms with Crippen LogP contribution < -0.4 is 0 Å². The fourth-order valence-corrected chi connectivity index (χ4v) is 1.65. The molecule has 0 aliphatic heterocycles. The zero-order valence-corrected chi connectivity index (χ0v) is 9.94. The Morgan fingerprint density at radius 2 is 1.88 bits per heavy atom. The first-order valence-corrected chi connectivity index (χ1v) is 5.12. The fraction of sp³-hybridized carbons (Fsp3) is 0.545. The van der Waals surface area contributed by atoms with Crippen molar-refractivity contribution in [1.82, 2.24) is 9.97 Å². The van der Waals surface area contributed by atoms with E-state index in [4.69, 9.17) is 9.84 Å². The van der Waals surface area contributed by atoms with Gasteiger partial charge in [0.1, 0.15) is 11.7 Å². The Bertz CT molecular complexity index is 377. The molecule has 0 aliphatic carbocycles. The molecular weight excluding hydrogens is 208 g/mol. The number of aromatic nitrogens is 2. The van der Waals surface area contributed by atoms with Gasteiger partial charge in [0, 0.05) is 7.11 Å². The van der Waals surface area contributed by atoms with Crippen molar-refractivity contribution < 1.29 is 14.6 Å². The SMILES string of the molecule is CCC(OC)c1nc(C)c(C(=O)O)c(C)n1. The molecule has 1 aromatic heterocycles. The monoisotopic (exact) mass is 224 g/mol. The molecule has 1 aromatic rings. The Kier molecular flexibility index (Phi) is 3.95. The van der Waals surface area contributed by atoms with Gasteiger partial charge in [0.05, 0.1) is 11.4 Å². The highest BCUT2D eigenvalue weighted by Gasteiger charge is 2.18. The van der Waals surface area contributed by atoms with Crippen LogP contribution in [0.25, 0.3) is 0 Å². The summed E-state index contributed by atoms with van der Waals surface area (Å²) in [5, 5.41) is 8.98. The van der Waals surface area contributed by atoms with Gasteiger partial charge in [-0.1, -0.05) is 6.92 Å². The third-order valence-electron chi connectivity index (χ3n) is 2.45. The number of hydrogen-bond acceptors (Lipinski definition) is 4. The minimum atomic E-state index is -0.994. The molecular formula is C11H16N2O3. The summed E-state index contributed by atoms with van der Waals surface area (Å²) in [6.45, 7) is 5.31. The van der Waals surface area contributed by atoms with E-state index in [0.717, 1.165) is 6.42 Å². The number of aromatic carboxylic acids is 1. The molecule has 1 N–H and O–H groups in total. The average molecular weight is 224 g/mol. The molecule has 0 fully saturated rings. The highest BCUT2D eigenvalue weighted by Crippen LogP contribution is 2.19. The van der Waals surface area contributed by atoms with E-state index >= 15 is 0 Å². The Morgan fingerprint density at radius 1 is 1.38 bits per heavy atom. The molecule has 0 radical (unpaired) electrons. The number of carboxylic acid groups (broad SMARTS) is 1. The first-order chi connectivity index (χ1) is 7.51. The van der Waals surface area contributed by atoms with Gasteiger partial charge >= 0.3 is 5.97 Å². The van der Waals surface area contributed by atoms with E-state index in [1.807, 2.05) is 6.92 Å². The van der Waals surface area contributed by atoms with Crippen molar-refractivity contribution in [3.63, 3.8) is 0 Å². The molecule has 16 heavy (non-hydrogen) atoms. The molecule has 1 heterocycles. The van der Waals surface area contributed by atoms with E-state index in [2.05, 4.69) is 9.97 Å². The highest BCUT2D eigenvalue weighted by molar-refractivity contribution is 5.89. The number of rotatable bonds is 4. The van der Waals surface area contributed by atoms with Crippen molar-refractivity contribution in [3.05, 3.63) is 22.8 Å². The summed E-state index contributed by atoms with van der Waals surface area (Å²) in [4.78, 5) is 19.3. The lowest BCUT2D eigenvalue weighted by Gasteiger charge is -2.14. The number of nitrogens with zero attached hydrogens (tertiary/aromatic N) is 2. The van der Waals surface area contributed by atoms with Gasteiger partial charge in [-0.3, -0.25) is 0 Å². The van der Waals surface area contributed by atoms with E-state index in [0.29, 0.717) is 17.2 Å². The second kappa shape index (κ2) is 5.03. The summed E-state index contributed by atoms with van der Waals surface area (Å²) >= 11 is 0. The van der Waals surface area contributed by atoms with Crippen LogP contribution >= 0.6 is 0 Å². The van der Waals surface area contributed by atoms with Crippen molar-refractivity contribution in [3.8, 4) is 0 Å². The van der Waals surface area contributed by atoms with E-state index in [1.165, 1.54) is 0 Å². The Morgan fingerprint density at radius 3 is 2.19 bits per heavy atom. The van der Waals surface area contributed by atoms with E-state index in [1.54, 1.807) is 21.0 Å². The Hall–Kier alpha value is -1.49. The van der Waals surface area contributed by atoms with Crippen LogP contribution in [0.5, 0.6) is 0 Å². The first-order valence-electron chi connectivity index (χ1n) is 5.12. The van der Waals surface area contributed by atoms with Gasteiger partial charge in [0.15, 0.2) is 5.82 Å². The summed E-state index contributed by atoms with van der Waals surface area (Å²) < 4.78 is 5.22. The van der Waals surface area contributed by atoms with Crippen LogP contribution in [0.3, 0.4) is 0 Å². The number of aryl methyl sites for hydroxylation is 2. The summed E-state index contributed by atoms with van der Waals surface area (Å²) in [6, 6.07) is 0. The van der Waals surface area contributed by atoms with Crippen LogP contribution in [0, 0.1) is 13.8 Å². The summed E-state index contributed by atoms with van der Waals surface area (Å²) in [5.74, 6) is -0.447. The predicted octanol–water partition coefficient (Wildman–Crippen LogP) is 1.89. The molecule has 5 nitrogen and oxygen atoms in total. The molecule has 0 saturated heterocycles. The van der Waals surface area contributed by atoms with Crippen LogP contribution in [0.1, 0.15) is 47.0 Å². The molecule has 0 spiro atoms. The summed E-state index contributed by atoms with van der Waals surface area (Å²) in [6.07, 6.45) is 0.571. The molecule has 1 unspecified atom stereocenters.